The van der Waals surface area contributed by atoms with Crippen molar-refractivity contribution in [2.75, 3.05) is 0 Å². The minimum Gasteiger partial charge on any atom is -0.309 e. The van der Waals surface area contributed by atoms with Crippen LogP contribution < -0.4 is 0 Å². The fraction of sp³-hybridized carbons (Fsp3) is 0.0323. The van der Waals surface area contributed by atoms with E-state index in [1.807, 2.05) is 11.3 Å². The number of para-hydroxylation sites is 3. The number of rotatable bonds is 8. The van der Waals surface area contributed by atoms with E-state index in [2.05, 4.69) is 360 Å². The summed E-state index contributed by atoms with van der Waals surface area (Å²) in [4.78, 5) is 0. The summed E-state index contributed by atoms with van der Waals surface area (Å²) >= 11 is 1.88. The highest BCUT2D eigenvalue weighted by Crippen LogP contribution is 2.52. The number of nitrogens with zero attached hydrogens (tertiary/aromatic N) is 4. The van der Waals surface area contributed by atoms with Crippen molar-refractivity contribution in [1.82, 2.24) is 18.3 Å². The van der Waals surface area contributed by atoms with Crippen molar-refractivity contribution in [2.24, 2.45) is 0 Å². The van der Waals surface area contributed by atoms with Gasteiger partial charge in [-0.25, -0.2) is 0 Å². The van der Waals surface area contributed by atoms with Gasteiger partial charge in [-0.15, -0.1) is 11.3 Å². The minimum absolute atomic E-state index is 0.127. The van der Waals surface area contributed by atoms with E-state index in [1.54, 1.807) is 0 Å². The topological polar surface area (TPSA) is 19.7 Å². The second-order valence-electron chi connectivity index (χ2n) is 27.2. The standard InChI is InChI=1S/C93H60N4S/c1-93(2)81-28-13-9-24-69(81)73-53-78-76-50-62(37-45-88(76)97(89(78)55-82(73)93)68-23-17-20-60(48-68)57-18-5-3-6-19-57)59-32-40-66(41-33-59)95-84-30-15-11-25-70(84)74-49-61(36-44-86(74)95)58-34-42-67(43-35-58)96-87-47-39-64(52-77(87)79-54-80-72-27-12-16-31-91(72)98-92(80)56-90(79)96)63-38-46-85-75(51-63)71-26-10-14-29-83(71)94(85)65-21-7-4-8-22-65/h3-56H,1-2H3. The number of aromatic nitrogens is 4. The monoisotopic (exact) mass is 1260 g/mol. The highest BCUT2D eigenvalue weighted by atomic mass is 32.1. The van der Waals surface area contributed by atoms with Gasteiger partial charge in [0.15, 0.2) is 0 Å². The van der Waals surface area contributed by atoms with Gasteiger partial charge < -0.3 is 18.3 Å². The Balaban J connectivity index is 0.640. The van der Waals surface area contributed by atoms with Gasteiger partial charge in [0.05, 0.1) is 44.1 Å². The number of benzene rings is 15. The Hall–Kier alpha value is -12.3. The molecule has 0 bridgehead atoms. The maximum absolute atomic E-state index is 2.49. The van der Waals surface area contributed by atoms with Crippen LogP contribution in [0.15, 0.2) is 328 Å². The molecule has 15 aromatic carbocycles. The van der Waals surface area contributed by atoms with Crippen LogP contribution in [0.4, 0.5) is 0 Å². The second kappa shape index (κ2) is 20.9. The third-order valence-electron chi connectivity index (χ3n) is 21.6. The molecular weight excluding hydrogens is 1210 g/mol. The number of fused-ring (bicyclic) bond motifs is 18. The Morgan fingerprint density at radius 3 is 1.19 bits per heavy atom. The van der Waals surface area contributed by atoms with Crippen molar-refractivity contribution < 1.29 is 0 Å². The Morgan fingerprint density at radius 2 is 0.592 bits per heavy atom. The van der Waals surface area contributed by atoms with Gasteiger partial charge in [-0.3, -0.25) is 0 Å². The van der Waals surface area contributed by atoms with Crippen LogP contribution in [-0.4, -0.2) is 18.3 Å². The molecule has 5 heteroatoms. The van der Waals surface area contributed by atoms with Crippen LogP contribution >= 0.6 is 11.3 Å². The van der Waals surface area contributed by atoms with E-state index in [4.69, 9.17) is 0 Å². The molecule has 1 aliphatic rings. The van der Waals surface area contributed by atoms with E-state index in [0.717, 1.165) is 22.7 Å². The van der Waals surface area contributed by atoms with Gasteiger partial charge in [0.1, 0.15) is 0 Å². The van der Waals surface area contributed by atoms with Crippen LogP contribution in [-0.2, 0) is 5.41 Å². The summed E-state index contributed by atoms with van der Waals surface area (Å²) in [7, 11) is 0. The van der Waals surface area contributed by atoms with E-state index in [-0.39, 0.29) is 5.41 Å². The molecule has 0 radical (unpaired) electrons. The van der Waals surface area contributed by atoms with E-state index in [0.29, 0.717) is 0 Å². The molecule has 4 nitrogen and oxygen atoms in total. The van der Waals surface area contributed by atoms with E-state index >= 15 is 0 Å². The molecule has 98 heavy (non-hydrogen) atoms. The first-order chi connectivity index (χ1) is 48.3. The van der Waals surface area contributed by atoms with Crippen LogP contribution in [0, 0.1) is 0 Å². The van der Waals surface area contributed by atoms with Crippen molar-refractivity contribution in [3.63, 3.8) is 0 Å². The lowest BCUT2D eigenvalue weighted by Crippen LogP contribution is -2.14. The van der Waals surface area contributed by atoms with Gasteiger partial charge >= 0.3 is 0 Å². The quantitative estimate of drug-likeness (QED) is 0.144. The maximum Gasteiger partial charge on any atom is 0.0555 e. The molecule has 0 aliphatic heterocycles. The largest absolute Gasteiger partial charge is 0.309 e. The van der Waals surface area contributed by atoms with Gasteiger partial charge in [-0.05, 0) is 206 Å². The molecule has 21 rings (SSSR count). The first-order valence-corrected chi connectivity index (χ1v) is 34.8. The molecular formula is C93H60N4S. The molecule has 0 N–H and O–H groups in total. The average Bonchev–Trinajstić information content (AvgIpc) is 1.56. The fourth-order valence-corrected chi connectivity index (χ4v) is 18.0. The first kappa shape index (κ1) is 55.0. The van der Waals surface area contributed by atoms with E-state index in [9.17, 15) is 0 Å². The third-order valence-corrected chi connectivity index (χ3v) is 22.7. The zero-order valence-corrected chi connectivity index (χ0v) is 54.7. The molecule has 20 aromatic rings. The predicted molar refractivity (Wildman–Crippen MR) is 416 cm³/mol. The molecule has 5 heterocycles. The number of thiophene rings is 1. The highest BCUT2D eigenvalue weighted by Gasteiger charge is 2.36. The van der Waals surface area contributed by atoms with Crippen molar-refractivity contribution in [3.8, 4) is 78.4 Å². The Morgan fingerprint density at radius 1 is 0.204 bits per heavy atom. The Kier molecular flexibility index (Phi) is 11.7. The lowest BCUT2D eigenvalue weighted by molar-refractivity contribution is 0.661. The van der Waals surface area contributed by atoms with E-state index in [1.165, 1.54) is 174 Å². The lowest BCUT2D eigenvalue weighted by Gasteiger charge is -2.21. The van der Waals surface area contributed by atoms with Gasteiger partial charge in [-0.2, -0.15) is 0 Å². The molecule has 0 unspecified atom stereocenters. The van der Waals surface area contributed by atoms with Crippen LogP contribution in [0.3, 0.4) is 0 Å². The first-order valence-electron chi connectivity index (χ1n) is 33.9. The summed E-state index contributed by atoms with van der Waals surface area (Å²) in [6.45, 7) is 4.76. The van der Waals surface area contributed by atoms with Crippen LogP contribution in [0.2, 0.25) is 0 Å². The zero-order chi connectivity index (χ0) is 64.5. The SMILES string of the molecule is CC1(C)c2ccccc2-c2cc3c4cc(-c5ccc(-n6c7ccccc7c7cc(-c8ccc(-n9c%10ccc(-c%11ccc%12c(c%11)c%11ccccc%11n%12-c%11ccccc%11)cc%10c%10cc%11c(cc%109)sc9ccccc9%11)cc8)ccc76)cc5)ccc4n(-c4cccc(-c5ccccc5)c4)c3cc21. The Bertz CT molecular complexity index is 6730. The predicted octanol–water partition coefficient (Wildman–Crippen LogP) is 25.4. The zero-order valence-electron chi connectivity index (χ0n) is 53.9. The van der Waals surface area contributed by atoms with Gasteiger partial charge in [0, 0.05) is 91.4 Å². The highest BCUT2D eigenvalue weighted by molar-refractivity contribution is 7.25. The normalized spacial score (nSPS) is 12.9. The smallest absolute Gasteiger partial charge is 0.0555 e. The van der Waals surface area contributed by atoms with Gasteiger partial charge in [0.25, 0.3) is 0 Å². The van der Waals surface area contributed by atoms with Crippen molar-refractivity contribution in [1.29, 1.82) is 0 Å². The molecule has 1 aliphatic carbocycles. The molecule has 0 fully saturated rings. The van der Waals surface area contributed by atoms with Crippen molar-refractivity contribution in [3.05, 3.63) is 339 Å². The van der Waals surface area contributed by atoms with Crippen molar-refractivity contribution >= 4 is 119 Å². The van der Waals surface area contributed by atoms with Gasteiger partial charge in [-0.1, -0.05) is 202 Å². The van der Waals surface area contributed by atoms with Crippen LogP contribution in [0.5, 0.6) is 0 Å². The summed E-state index contributed by atoms with van der Waals surface area (Å²) in [6, 6.07) is 122. The van der Waals surface area contributed by atoms with Crippen LogP contribution in [0.1, 0.15) is 25.0 Å². The molecule has 0 saturated carbocycles. The molecule has 0 atom stereocenters. The fourth-order valence-electron chi connectivity index (χ4n) is 16.9. The summed E-state index contributed by atoms with van der Waals surface area (Å²) in [5.41, 5.74) is 29.0. The minimum atomic E-state index is -0.127. The molecule has 5 aromatic heterocycles. The summed E-state index contributed by atoms with van der Waals surface area (Å²) in [5, 5.41) is 12.6. The molecule has 0 amide bonds. The van der Waals surface area contributed by atoms with Gasteiger partial charge in [0.2, 0.25) is 0 Å². The maximum atomic E-state index is 2.49. The van der Waals surface area contributed by atoms with Crippen LogP contribution in [0.25, 0.3) is 186 Å². The number of hydrogen-bond donors (Lipinski definition) is 0. The third kappa shape index (κ3) is 8.11. The van der Waals surface area contributed by atoms with E-state index < -0.39 is 0 Å². The average molecular weight is 1270 g/mol. The lowest BCUT2D eigenvalue weighted by atomic mass is 9.82. The molecule has 0 saturated heterocycles. The van der Waals surface area contributed by atoms with Crippen molar-refractivity contribution in [2.45, 2.75) is 19.3 Å². The summed E-state index contributed by atoms with van der Waals surface area (Å²) in [6.07, 6.45) is 0. The molecule has 0 spiro atoms. The number of hydrogen-bond acceptors (Lipinski definition) is 1. The summed E-state index contributed by atoms with van der Waals surface area (Å²) in [5.74, 6) is 0. The molecule has 458 valence electrons. The Labute approximate surface area is 569 Å². The summed E-state index contributed by atoms with van der Waals surface area (Å²) < 4.78 is 12.4. The second-order valence-corrected chi connectivity index (χ2v) is 28.3.